The molecule has 0 atom stereocenters. The summed E-state index contributed by atoms with van der Waals surface area (Å²) in [6, 6.07) is 8.56. The standard InChI is InChI=1S/C12H18ClN.ClH/c1-10(2)12-6-4-3-5-11(12)9-14-8-7-13;/h3-6,10,14H,7-9H2,1-2H3;1H. The van der Waals surface area contributed by atoms with E-state index in [0.29, 0.717) is 11.8 Å². The fraction of sp³-hybridized carbons (Fsp3) is 0.500. The summed E-state index contributed by atoms with van der Waals surface area (Å²) < 4.78 is 0. The van der Waals surface area contributed by atoms with Crippen LogP contribution < -0.4 is 5.32 Å². The van der Waals surface area contributed by atoms with Crippen LogP contribution >= 0.6 is 24.0 Å². The van der Waals surface area contributed by atoms with Gasteiger partial charge in [-0.1, -0.05) is 38.1 Å². The van der Waals surface area contributed by atoms with Crippen LogP contribution in [0, 0.1) is 0 Å². The Labute approximate surface area is 104 Å². The summed E-state index contributed by atoms with van der Waals surface area (Å²) in [6.45, 7) is 6.23. The summed E-state index contributed by atoms with van der Waals surface area (Å²) in [5.74, 6) is 1.26. The van der Waals surface area contributed by atoms with Crippen LogP contribution in [0.2, 0.25) is 0 Å². The average Bonchev–Trinajstić information content (AvgIpc) is 2.19. The lowest BCUT2D eigenvalue weighted by Gasteiger charge is -2.12. The second-order valence-corrected chi connectivity index (χ2v) is 4.10. The molecule has 0 radical (unpaired) electrons. The number of nitrogens with one attached hydrogen (secondary N) is 1. The maximum Gasteiger partial charge on any atom is 0.0348 e. The first-order valence-corrected chi connectivity index (χ1v) is 5.63. The molecule has 1 aromatic carbocycles. The van der Waals surface area contributed by atoms with E-state index in [4.69, 9.17) is 11.6 Å². The molecule has 0 saturated heterocycles. The first-order chi connectivity index (χ1) is 6.75. The predicted octanol–water partition coefficient (Wildman–Crippen LogP) is 3.56. The van der Waals surface area contributed by atoms with Gasteiger partial charge in [0.15, 0.2) is 0 Å². The lowest BCUT2D eigenvalue weighted by molar-refractivity contribution is 0.713. The fourth-order valence-electron chi connectivity index (χ4n) is 1.55. The largest absolute Gasteiger partial charge is 0.311 e. The topological polar surface area (TPSA) is 12.0 Å². The summed E-state index contributed by atoms with van der Waals surface area (Å²) in [4.78, 5) is 0. The van der Waals surface area contributed by atoms with Gasteiger partial charge in [-0.3, -0.25) is 0 Å². The van der Waals surface area contributed by atoms with Gasteiger partial charge in [0.1, 0.15) is 0 Å². The summed E-state index contributed by atoms with van der Waals surface area (Å²) in [5.41, 5.74) is 2.81. The summed E-state index contributed by atoms with van der Waals surface area (Å²) in [7, 11) is 0. The van der Waals surface area contributed by atoms with E-state index in [1.165, 1.54) is 11.1 Å². The van der Waals surface area contributed by atoms with Gasteiger partial charge in [-0.15, -0.1) is 24.0 Å². The van der Waals surface area contributed by atoms with Crippen molar-refractivity contribution in [3.63, 3.8) is 0 Å². The lowest BCUT2D eigenvalue weighted by Crippen LogP contribution is -2.16. The van der Waals surface area contributed by atoms with Crippen molar-refractivity contribution in [3.05, 3.63) is 35.4 Å². The number of benzene rings is 1. The Kier molecular flexibility index (Phi) is 7.85. The first-order valence-electron chi connectivity index (χ1n) is 5.10. The molecule has 0 aliphatic carbocycles. The normalized spacial score (nSPS) is 10.1. The summed E-state index contributed by atoms with van der Waals surface area (Å²) in [6.07, 6.45) is 0. The van der Waals surface area contributed by atoms with Crippen molar-refractivity contribution in [1.82, 2.24) is 5.32 Å². The van der Waals surface area contributed by atoms with Gasteiger partial charge in [0.05, 0.1) is 0 Å². The van der Waals surface area contributed by atoms with E-state index < -0.39 is 0 Å². The second-order valence-electron chi connectivity index (χ2n) is 3.72. The molecule has 1 rings (SSSR count). The van der Waals surface area contributed by atoms with Crippen LogP contribution in [0.1, 0.15) is 30.9 Å². The molecule has 1 nitrogen and oxygen atoms in total. The van der Waals surface area contributed by atoms with E-state index in [1.807, 2.05) is 0 Å². The van der Waals surface area contributed by atoms with Crippen molar-refractivity contribution < 1.29 is 0 Å². The minimum absolute atomic E-state index is 0. The van der Waals surface area contributed by atoms with Gasteiger partial charge in [-0.2, -0.15) is 0 Å². The molecule has 15 heavy (non-hydrogen) atoms. The highest BCUT2D eigenvalue weighted by atomic mass is 35.5. The van der Waals surface area contributed by atoms with Crippen LogP contribution in [0.4, 0.5) is 0 Å². The van der Waals surface area contributed by atoms with Gasteiger partial charge in [0.2, 0.25) is 0 Å². The van der Waals surface area contributed by atoms with Gasteiger partial charge in [-0.25, -0.2) is 0 Å². The van der Waals surface area contributed by atoms with Gasteiger partial charge < -0.3 is 5.32 Å². The molecule has 0 unspecified atom stereocenters. The van der Waals surface area contributed by atoms with E-state index in [1.54, 1.807) is 0 Å². The van der Waals surface area contributed by atoms with Crippen molar-refractivity contribution >= 4 is 24.0 Å². The lowest BCUT2D eigenvalue weighted by atomic mass is 9.97. The minimum atomic E-state index is 0. The molecule has 1 aromatic rings. The third-order valence-corrected chi connectivity index (χ3v) is 2.45. The Morgan fingerprint density at radius 3 is 2.53 bits per heavy atom. The average molecular weight is 248 g/mol. The zero-order valence-corrected chi connectivity index (χ0v) is 10.9. The number of rotatable bonds is 5. The van der Waals surface area contributed by atoms with Crippen molar-refractivity contribution in [3.8, 4) is 0 Å². The number of hydrogen-bond acceptors (Lipinski definition) is 1. The number of alkyl halides is 1. The quantitative estimate of drug-likeness (QED) is 0.620. The molecule has 0 fully saturated rings. The zero-order valence-electron chi connectivity index (χ0n) is 9.29. The molecule has 0 spiro atoms. The maximum atomic E-state index is 5.61. The third-order valence-electron chi connectivity index (χ3n) is 2.26. The molecule has 0 amide bonds. The molecule has 0 aliphatic rings. The molecule has 0 aromatic heterocycles. The summed E-state index contributed by atoms with van der Waals surface area (Å²) in [5, 5.41) is 3.31. The SMILES string of the molecule is CC(C)c1ccccc1CNCCCl.Cl. The Balaban J connectivity index is 0.00000196. The molecule has 0 heterocycles. The van der Waals surface area contributed by atoms with E-state index in [9.17, 15) is 0 Å². The highest BCUT2D eigenvalue weighted by molar-refractivity contribution is 6.18. The first kappa shape index (κ1) is 14.8. The Hall–Kier alpha value is -0.240. The smallest absolute Gasteiger partial charge is 0.0348 e. The second kappa shape index (κ2) is 7.98. The van der Waals surface area contributed by atoms with Gasteiger partial charge in [0.25, 0.3) is 0 Å². The number of halogens is 2. The van der Waals surface area contributed by atoms with Crippen LogP contribution in [0.25, 0.3) is 0 Å². The van der Waals surface area contributed by atoms with Crippen LogP contribution in [-0.4, -0.2) is 12.4 Å². The van der Waals surface area contributed by atoms with Crippen molar-refractivity contribution in [2.75, 3.05) is 12.4 Å². The monoisotopic (exact) mass is 247 g/mol. The predicted molar refractivity (Wildman–Crippen MR) is 70.2 cm³/mol. The minimum Gasteiger partial charge on any atom is -0.311 e. The van der Waals surface area contributed by atoms with Crippen LogP contribution in [0.15, 0.2) is 24.3 Å². The van der Waals surface area contributed by atoms with Crippen LogP contribution in [0.5, 0.6) is 0 Å². The van der Waals surface area contributed by atoms with Crippen molar-refractivity contribution in [2.24, 2.45) is 0 Å². The molecule has 0 bridgehead atoms. The molecular formula is C12H19Cl2N. The Bertz CT molecular complexity index is 274. The van der Waals surface area contributed by atoms with E-state index >= 15 is 0 Å². The Morgan fingerprint density at radius 2 is 1.93 bits per heavy atom. The highest BCUT2D eigenvalue weighted by Gasteiger charge is 2.04. The van der Waals surface area contributed by atoms with E-state index in [-0.39, 0.29) is 12.4 Å². The van der Waals surface area contributed by atoms with Crippen molar-refractivity contribution in [1.29, 1.82) is 0 Å². The van der Waals surface area contributed by atoms with Crippen LogP contribution in [0.3, 0.4) is 0 Å². The van der Waals surface area contributed by atoms with Gasteiger partial charge >= 0.3 is 0 Å². The molecule has 0 aliphatic heterocycles. The molecule has 3 heteroatoms. The molecular weight excluding hydrogens is 229 g/mol. The van der Waals surface area contributed by atoms with Crippen LogP contribution in [-0.2, 0) is 6.54 Å². The Morgan fingerprint density at radius 1 is 1.27 bits per heavy atom. The maximum absolute atomic E-state index is 5.61. The van der Waals surface area contributed by atoms with Gasteiger partial charge in [-0.05, 0) is 17.0 Å². The van der Waals surface area contributed by atoms with E-state index in [2.05, 4.69) is 43.4 Å². The van der Waals surface area contributed by atoms with Crippen molar-refractivity contribution in [2.45, 2.75) is 26.3 Å². The summed E-state index contributed by atoms with van der Waals surface area (Å²) >= 11 is 5.61. The fourth-order valence-corrected chi connectivity index (χ4v) is 1.68. The highest BCUT2D eigenvalue weighted by Crippen LogP contribution is 2.18. The molecule has 1 N–H and O–H groups in total. The molecule has 86 valence electrons. The number of hydrogen-bond donors (Lipinski definition) is 1. The van der Waals surface area contributed by atoms with E-state index in [0.717, 1.165) is 13.1 Å². The molecule has 0 saturated carbocycles. The zero-order chi connectivity index (χ0) is 10.4. The third kappa shape index (κ3) is 4.87. The van der Waals surface area contributed by atoms with Gasteiger partial charge in [0, 0.05) is 19.0 Å².